The fourth-order valence-corrected chi connectivity index (χ4v) is 3.37. The first kappa shape index (κ1) is 15.0. The molecule has 1 atom stereocenters. The predicted octanol–water partition coefficient (Wildman–Crippen LogP) is 3.17. The summed E-state index contributed by atoms with van der Waals surface area (Å²) in [6, 6.07) is 9.49. The van der Waals surface area contributed by atoms with E-state index in [0.29, 0.717) is 27.4 Å². The first-order chi connectivity index (χ1) is 11.6. The second kappa shape index (κ2) is 5.79. The van der Waals surface area contributed by atoms with Gasteiger partial charge in [0.15, 0.2) is 5.65 Å². The van der Waals surface area contributed by atoms with E-state index in [2.05, 4.69) is 15.2 Å². The van der Waals surface area contributed by atoms with Gasteiger partial charge in [-0.05, 0) is 36.6 Å². The maximum absolute atomic E-state index is 13.0. The molecule has 0 radical (unpaired) electrons. The largest absolute Gasteiger partial charge is 0.384 e. The van der Waals surface area contributed by atoms with Gasteiger partial charge >= 0.3 is 0 Å². The standard InChI is InChI=1S/C17H16ClN5O/c18-12-5-3-10(4-6-12)14-2-1-7-23(14)17(24)11-8-13-15(19)21-22-16(13)20-9-11/h3-6,8-9,14H,1-2,7H2,(H3,19,20,21,22)/t14-/m1/s1. The molecule has 6 nitrogen and oxygen atoms in total. The topological polar surface area (TPSA) is 87.9 Å². The van der Waals surface area contributed by atoms with E-state index in [1.165, 1.54) is 0 Å². The third-order valence-electron chi connectivity index (χ3n) is 4.45. The molecule has 3 heterocycles. The van der Waals surface area contributed by atoms with Crippen molar-refractivity contribution >= 4 is 34.4 Å². The van der Waals surface area contributed by atoms with Crippen LogP contribution in [0.2, 0.25) is 5.02 Å². The molecular formula is C17H16ClN5O. The number of carbonyl (C=O) groups excluding carboxylic acids is 1. The summed E-state index contributed by atoms with van der Waals surface area (Å²) in [6.45, 7) is 0.727. The second-order valence-corrected chi connectivity index (χ2v) is 6.38. The van der Waals surface area contributed by atoms with Gasteiger partial charge in [-0.15, -0.1) is 0 Å². The Kier molecular flexibility index (Phi) is 3.61. The summed E-state index contributed by atoms with van der Waals surface area (Å²) in [5.74, 6) is 0.380. The molecule has 3 N–H and O–H groups in total. The molecular weight excluding hydrogens is 326 g/mol. The lowest BCUT2D eigenvalue weighted by Gasteiger charge is -2.25. The van der Waals surface area contributed by atoms with E-state index in [-0.39, 0.29) is 11.9 Å². The maximum Gasteiger partial charge on any atom is 0.255 e. The summed E-state index contributed by atoms with van der Waals surface area (Å²) in [5.41, 5.74) is 7.97. The molecule has 7 heteroatoms. The first-order valence-electron chi connectivity index (χ1n) is 7.79. The quantitative estimate of drug-likeness (QED) is 0.749. The lowest BCUT2D eigenvalue weighted by molar-refractivity contribution is 0.0735. The zero-order valence-electron chi connectivity index (χ0n) is 12.9. The number of H-pyrrole nitrogens is 1. The van der Waals surface area contributed by atoms with Gasteiger partial charge in [0.2, 0.25) is 0 Å². The first-order valence-corrected chi connectivity index (χ1v) is 8.17. The van der Waals surface area contributed by atoms with Crippen LogP contribution in [-0.4, -0.2) is 32.5 Å². The van der Waals surface area contributed by atoms with Gasteiger partial charge in [0.1, 0.15) is 5.82 Å². The van der Waals surface area contributed by atoms with E-state index < -0.39 is 0 Å². The van der Waals surface area contributed by atoms with E-state index in [1.54, 1.807) is 12.3 Å². The zero-order valence-corrected chi connectivity index (χ0v) is 13.6. The Morgan fingerprint density at radius 2 is 2.12 bits per heavy atom. The molecule has 4 rings (SSSR count). The molecule has 0 aliphatic carbocycles. The number of carbonyl (C=O) groups is 1. The number of anilines is 1. The highest BCUT2D eigenvalue weighted by molar-refractivity contribution is 6.30. The number of rotatable bonds is 2. The van der Waals surface area contributed by atoms with E-state index in [9.17, 15) is 4.79 Å². The molecule has 1 aliphatic heterocycles. The fourth-order valence-electron chi connectivity index (χ4n) is 3.24. The fraction of sp³-hybridized carbons (Fsp3) is 0.235. The summed E-state index contributed by atoms with van der Waals surface area (Å²) in [4.78, 5) is 19.1. The monoisotopic (exact) mass is 341 g/mol. The van der Waals surface area contributed by atoms with Crippen molar-refractivity contribution in [2.45, 2.75) is 18.9 Å². The third-order valence-corrected chi connectivity index (χ3v) is 4.71. The van der Waals surface area contributed by atoms with Crippen LogP contribution in [0.1, 0.15) is 34.8 Å². The number of nitrogen functional groups attached to an aromatic ring is 1. The van der Waals surface area contributed by atoms with Crippen LogP contribution in [0.25, 0.3) is 11.0 Å². The Morgan fingerprint density at radius 1 is 1.33 bits per heavy atom. The molecule has 1 aliphatic rings. The van der Waals surface area contributed by atoms with Gasteiger partial charge < -0.3 is 10.6 Å². The van der Waals surface area contributed by atoms with Crippen LogP contribution < -0.4 is 5.73 Å². The molecule has 0 saturated carbocycles. The number of pyridine rings is 1. The lowest BCUT2D eigenvalue weighted by atomic mass is 10.0. The minimum Gasteiger partial charge on any atom is -0.384 e. The average molecular weight is 342 g/mol. The summed E-state index contributed by atoms with van der Waals surface area (Å²) < 4.78 is 0. The van der Waals surface area contributed by atoms with E-state index in [1.807, 2.05) is 29.2 Å². The van der Waals surface area contributed by atoms with Crippen molar-refractivity contribution in [3.05, 3.63) is 52.7 Å². The number of nitrogens with one attached hydrogen (secondary N) is 1. The van der Waals surface area contributed by atoms with Crippen LogP contribution in [0.5, 0.6) is 0 Å². The van der Waals surface area contributed by atoms with Gasteiger partial charge in [-0.1, -0.05) is 23.7 Å². The minimum atomic E-state index is -0.0394. The number of aromatic amines is 1. The van der Waals surface area contributed by atoms with Crippen LogP contribution in [0.3, 0.4) is 0 Å². The van der Waals surface area contributed by atoms with Gasteiger partial charge in [0, 0.05) is 17.8 Å². The van der Waals surface area contributed by atoms with Gasteiger partial charge in [-0.3, -0.25) is 9.89 Å². The Bertz CT molecular complexity index is 905. The van der Waals surface area contributed by atoms with Gasteiger partial charge in [-0.25, -0.2) is 4.98 Å². The van der Waals surface area contributed by atoms with Crippen LogP contribution >= 0.6 is 11.6 Å². The summed E-state index contributed by atoms with van der Waals surface area (Å²) in [5, 5.41) is 8.03. The van der Waals surface area contributed by atoms with Crippen molar-refractivity contribution < 1.29 is 4.79 Å². The van der Waals surface area contributed by atoms with Gasteiger partial charge in [-0.2, -0.15) is 5.10 Å². The number of nitrogens with zero attached hydrogens (tertiary/aromatic N) is 3. The maximum atomic E-state index is 13.0. The highest BCUT2D eigenvalue weighted by atomic mass is 35.5. The second-order valence-electron chi connectivity index (χ2n) is 5.94. The number of hydrogen-bond acceptors (Lipinski definition) is 4. The highest BCUT2D eigenvalue weighted by Crippen LogP contribution is 2.34. The molecule has 1 fully saturated rings. The van der Waals surface area contributed by atoms with Gasteiger partial charge in [0.05, 0.1) is 17.0 Å². The minimum absolute atomic E-state index is 0.0394. The van der Waals surface area contributed by atoms with Crippen molar-refractivity contribution in [1.29, 1.82) is 0 Å². The Labute approximate surface area is 143 Å². The van der Waals surface area contributed by atoms with E-state index in [0.717, 1.165) is 24.9 Å². The number of nitrogens with two attached hydrogens (primary N) is 1. The summed E-state index contributed by atoms with van der Waals surface area (Å²) in [6.07, 6.45) is 3.47. The van der Waals surface area contributed by atoms with Crippen molar-refractivity contribution in [1.82, 2.24) is 20.1 Å². The van der Waals surface area contributed by atoms with Crippen LogP contribution in [-0.2, 0) is 0 Å². The molecule has 122 valence electrons. The third kappa shape index (κ3) is 2.49. The zero-order chi connectivity index (χ0) is 16.7. The Balaban J connectivity index is 1.66. The van der Waals surface area contributed by atoms with Crippen LogP contribution in [0.4, 0.5) is 5.82 Å². The highest BCUT2D eigenvalue weighted by Gasteiger charge is 2.31. The van der Waals surface area contributed by atoms with Crippen molar-refractivity contribution in [2.75, 3.05) is 12.3 Å². The molecule has 0 unspecified atom stereocenters. The predicted molar refractivity (Wildman–Crippen MR) is 92.8 cm³/mol. The van der Waals surface area contributed by atoms with E-state index >= 15 is 0 Å². The molecule has 1 amide bonds. The number of halogens is 1. The van der Waals surface area contributed by atoms with Crippen LogP contribution in [0.15, 0.2) is 36.5 Å². The number of fused-ring (bicyclic) bond motifs is 1. The SMILES string of the molecule is Nc1[nH]nc2ncc(C(=O)N3CCC[C@@H]3c3ccc(Cl)cc3)cc12. The molecule has 1 saturated heterocycles. The number of amides is 1. The molecule has 2 aromatic heterocycles. The smallest absolute Gasteiger partial charge is 0.255 e. The lowest BCUT2D eigenvalue weighted by Crippen LogP contribution is -2.30. The molecule has 24 heavy (non-hydrogen) atoms. The van der Waals surface area contributed by atoms with Crippen LogP contribution in [0, 0.1) is 0 Å². The normalized spacial score (nSPS) is 17.5. The Morgan fingerprint density at radius 3 is 2.92 bits per heavy atom. The van der Waals surface area contributed by atoms with Crippen molar-refractivity contribution in [3.8, 4) is 0 Å². The molecule has 3 aromatic rings. The number of hydrogen-bond donors (Lipinski definition) is 2. The number of benzene rings is 1. The summed E-state index contributed by atoms with van der Waals surface area (Å²) in [7, 11) is 0. The average Bonchev–Trinajstić information content (AvgIpc) is 3.22. The van der Waals surface area contributed by atoms with Gasteiger partial charge in [0.25, 0.3) is 5.91 Å². The number of aromatic nitrogens is 3. The van der Waals surface area contributed by atoms with E-state index in [4.69, 9.17) is 17.3 Å². The molecule has 0 spiro atoms. The molecule has 0 bridgehead atoms. The van der Waals surface area contributed by atoms with Crippen molar-refractivity contribution in [3.63, 3.8) is 0 Å². The Hall–Kier alpha value is -2.60. The number of likely N-dealkylation sites (tertiary alicyclic amines) is 1. The van der Waals surface area contributed by atoms with Crippen molar-refractivity contribution in [2.24, 2.45) is 0 Å². The molecule has 1 aromatic carbocycles. The summed E-state index contributed by atoms with van der Waals surface area (Å²) >= 11 is 5.96.